The molecule has 116 valence electrons. The Labute approximate surface area is 128 Å². The Kier molecular flexibility index (Phi) is 5.64. The standard InChI is InChI=1S/C18H28N2O/c1-2-9-18(10-3-1)20(13-16-7-6-12-21-15-16)14-17-8-4-5-11-19-17/h4-5,8,11,16,18H,1-3,6-7,9-10,12-15H2/t16-/m1/s1. The molecule has 0 bridgehead atoms. The average Bonchev–Trinajstić information content (AvgIpc) is 2.57. The first-order chi connectivity index (χ1) is 10.4. The van der Waals surface area contributed by atoms with Crippen LogP contribution in [0.1, 0.15) is 50.6 Å². The van der Waals surface area contributed by atoms with Gasteiger partial charge in [-0.25, -0.2) is 0 Å². The summed E-state index contributed by atoms with van der Waals surface area (Å²) in [4.78, 5) is 7.23. The lowest BCUT2D eigenvalue weighted by Gasteiger charge is -2.37. The van der Waals surface area contributed by atoms with Crippen molar-refractivity contribution >= 4 is 0 Å². The molecule has 0 amide bonds. The maximum absolute atomic E-state index is 5.68. The SMILES string of the molecule is c1ccc(CN(C[C@H]2CCCOC2)C2CCCCC2)nc1. The third kappa shape index (κ3) is 4.52. The van der Waals surface area contributed by atoms with Crippen LogP contribution >= 0.6 is 0 Å². The zero-order valence-electron chi connectivity index (χ0n) is 13.0. The number of ether oxygens (including phenoxy) is 1. The van der Waals surface area contributed by atoms with Crippen LogP contribution in [-0.4, -0.2) is 35.7 Å². The second-order valence-corrected chi connectivity index (χ2v) is 6.63. The fourth-order valence-corrected chi connectivity index (χ4v) is 3.77. The number of nitrogens with zero attached hydrogens (tertiary/aromatic N) is 2. The van der Waals surface area contributed by atoms with E-state index in [0.717, 1.165) is 25.8 Å². The number of hydrogen-bond donors (Lipinski definition) is 0. The van der Waals surface area contributed by atoms with Crippen LogP contribution in [0.2, 0.25) is 0 Å². The number of pyridine rings is 1. The molecule has 1 aliphatic carbocycles. The van der Waals surface area contributed by atoms with E-state index < -0.39 is 0 Å². The monoisotopic (exact) mass is 288 g/mol. The normalized spacial score (nSPS) is 24.3. The number of aromatic nitrogens is 1. The van der Waals surface area contributed by atoms with Gasteiger partial charge in [-0.1, -0.05) is 25.3 Å². The van der Waals surface area contributed by atoms with Crippen molar-refractivity contribution in [2.75, 3.05) is 19.8 Å². The van der Waals surface area contributed by atoms with Gasteiger partial charge in [-0.05, 0) is 43.7 Å². The molecule has 0 N–H and O–H groups in total. The molecule has 3 nitrogen and oxygen atoms in total. The maximum atomic E-state index is 5.68. The first-order valence-corrected chi connectivity index (χ1v) is 8.63. The topological polar surface area (TPSA) is 25.4 Å². The predicted molar refractivity (Wildman–Crippen MR) is 85.1 cm³/mol. The molecule has 21 heavy (non-hydrogen) atoms. The fraction of sp³-hybridized carbons (Fsp3) is 0.722. The lowest BCUT2D eigenvalue weighted by Crippen LogP contribution is -2.41. The van der Waals surface area contributed by atoms with Crippen LogP contribution in [0.3, 0.4) is 0 Å². The summed E-state index contributed by atoms with van der Waals surface area (Å²) in [6, 6.07) is 7.02. The average molecular weight is 288 g/mol. The minimum atomic E-state index is 0.712. The van der Waals surface area contributed by atoms with Crippen LogP contribution in [0.15, 0.2) is 24.4 Å². The van der Waals surface area contributed by atoms with Gasteiger partial charge in [0, 0.05) is 31.9 Å². The molecule has 3 heteroatoms. The van der Waals surface area contributed by atoms with E-state index in [2.05, 4.69) is 22.0 Å². The summed E-state index contributed by atoms with van der Waals surface area (Å²) in [5.74, 6) is 0.712. The molecular formula is C18H28N2O. The Hall–Kier alpha value is -0.930. The van der Waals surface area contributed by atoms with Gasteiger partial charge in [-0.2, -0.15) is 0 Å². The van der Waals surface area contributed by atoms with Crippen molar-refractivity contribution in [1.29, 1.82) is 0 Å². The van der Waals surface area contributed by atoms with E-state index >= 15 is 0 Å². The quantitative estimate of drug-likeness (QED) is 0.827. The van der Waals surface area contributed by atoms with Crippen LogP contribution in [0.5, 0.6) is 0 Å². The molecule has 2 heterocycles. The summed E-state index contributed by atoms with van der Waals surface area (Å²) in [5.41, 5.74) is 1.21. The molecule has 0 radical (unpaired) electrons. The Morgan fingerprint density at radius 1 is 1.10 bits per heavy atom. The van der Waals surface area contributed by atoms with Crippen LogP contribution in [0.4, 0.5) is 0 Å². The Bertz CT molecular complexity index is 397. The van der Waals surface area contributed by atoms with Crippen molar-refractivity contribution < 1.29 is 4.74 Å². The first kappa shape index (κ1) is 15.0. The summed E-state index contributed by atoms with van der Waals surface area (Å²) in [6.07, 6.45) is 11.4. The molecule has 2 fully saturated rings. The molecular weight excluding hydrogens is 260 g/mol. The molecule has 1 aromatic rings. The zero-order valence-corrected chi connectivity index (χ0v) is 13.0. The minimum Gasteiger partial charge on any atom is -0.381 e. The van der Waals surface area contributed by atoms with Gasteiger partial charge in [-0.15, -0.1) is 0 Å². The second-order valence-electron chi connectivity index (χ2n) is 6.63. The van der Waals surface area contributed by atoms with Gasteiger partial charge in [0.15, 0.2) is 0 Å². The van der Waals surface area contributed by atoms with Gasteiger partial charge >= 0.3 is 0 Å². The summed E-state index contributed by atoms with van der Waals surface area (Å²) in [7, 11) is 0. The van der Waals surface area contributed by atoms with Crippen molar-refractivity contribution in [3.63, 3.8) is 0 Å². The molecule has 1 aromatic heterocycles. The van der Waals surface area contributed by atoms with Gasteiger partial charge in [-0.3, -0.25) is 9.88 Å². The largest absolute Gasteiger partial charge is 0.381 e. The van der Waals surface area contributed by atoms with E-state index in [1.54, 1.807) is 0 Å². The third-order valence-electron chi connectivity index (χ3n) is 4.93. The Morgan fingerprint density at radius 3 is 2.71 bits per heavy atom. The van der Waals surface area contributed by atoms with Gasteiger partial charge in [0.2, 0.25) is 0 Å². The Balaban J connectivity index is 1.64. The summed E-state index contributed by atoms with van der Waals surface area (Å²) in [6.45, 7) is 4.09. The molecule has 0 spiro atoms. The molecule has 3 rings (SSSR count). The lowest BCUT2D eigenvalue weighted by atomic mass is 9.92. The zero-order chi connectivity index (χ0) is 14.3. The van der Waals surface area contributed by atoms with Gasteiger partial charge in [0.05, 0.1) is 12.3 Å². The summed E-state index contributed by atoms with van der Waals surface area (Å²) < 4.78 is 5.68. The molecule has 2 aliphatic rings. The fourth-order valence-electron chi connectivity index (χ4n) is 3.77. The molecule has 0 unspecified atom stereocenters. The lowest BCUT2D eigenvalue weighted by molar-refractivity contribution is 0.0241. The van der Waals surface area contributed by atoms with E-state index in [9.17, 15) is 0 Å². The van der Waals surface area contributed by atoms with Crippen molar-refractivity contribution in [3.8, 4) is 0 Å². The van der Waals surface area contributed by atoms with Gasteiger partial charge < -0.3 is 4.74 Å². The molecule has 1 saturated carbocycles. The van der Waals surface area contributed by atoms with Crippen LogP contribution < -0.4 is 0 Å². The van der Waals surface area contributed by atoms with Crippen molar-refractivity contribution in [3.05, 3.63) is 30.1 Å². The van der Waals surface area contributed by atoms with E-state index in [-0.39, 0.29) is 0 Å². The van der Waals surface area contributed by atoms with Gasteiger partial charge in [0.1, 0.15) is 0 Å². The van der Waals surface area contributed by atoms with Crippen molar-refractivity contribution in [2.45, 2.75) is 57.5 Å². The third-order valence-corrected chi connectivity index (χ3v) is 4.93. The van der Waals surface area contributed by atoms with E-state index in [1.807, 2.05) is 12.3 Å². The Morgan fingerprint density at radius 2 is 2.00 bits per heavy atom. The molecule has 1 atom stereocenters. The molecule has 1 aliphatic heterocycles. The van der Waals surface area contributed by atoms with E-state index in [0.29, 0.717) is 5.92 Å². The van der Waals surface area contributed by atoms with Crippen LogP contribution in [-0.2, 0) is 11.3 Å². The smallest absolute Gasteiger partial charge is 0.0544 e. The number of hydrogen-bond acceptors (Lipinski definition) is 3. The minimum absolute atomic E-state index is 0.712. The number of rotatable bonds is 5. The highest BCUT2D eigenvalue weighted by Gasteiger charge is 2.25. The van der Waals surface area contributed by atoms with Gasteiger partial charge in [0.25, 0.3) is 0 Å². The van der Waals surface area contributed by atoms with Crippen LogP contribution in [0.25, 0.3) is 0 Å². The van der Waals surface area contributed by atoms with E-state index in [4.69, 9.17) is 4.74 Å². The maximum Gasteiger partial charge on any atom is 0.0544 e. The highest BCUT2D eigenvalue weighted by molar-refractivity contribution is 5.03. The van der Waals surface area contributed by atoms with Crippen LogP contribution in [0, 0.1) is 5.92 Å². The highest BCUT2D eigenvalue weighted by atomic mass is 16.5. The summed E-state index contributed by atoms with van der Waals surface area (Å²) >= 11 is 0. The first-order valence-electron chi connectivity index (χ1n) is 8.63. The van der Waals surface area contributed by atoms with Crippen molar-refractivity contribution in [2.24, 2.45) is 5.92 Å². The second kappa shape index (κ2) is 7.90. The molecule has 1 saturated heterocycles. The molecule has 0 aromatic carbocycles. The highest BCUT2D eigenvalue weighted by Crippen LogP contribution is 2.26. The predicted octanol–water partition coefficient (Wildman–Crippen LogP) is 3.64. The van der Waals surface area contributed by atoms with Crippen molar-refractivity contribution in [1.82, 2.24) is 9.88 Å². The van der Waals surface area contributed by atoms with E-state index in [1.165, 1.54) is 57.2 Å². The summed E-state index contributed by atoms with van der Waals surface area (Å²) in [5, 5.41) is 0.